The van der Waals surface area contributed by atoms with Gasteiger partial charge >= 0.3 is 0 Å². The van der Waals surface area contributed by atoms with Crippen LogP contribution in [0.2, 0.25) is 0 Å². The van der Waals surface area contributed by atoms with Gasteiger partial charge in [0.25, 0.3) is 5.91 Å². The van der Waals surface area contributed by atoms with Crippen LogP contribution in [0, 0.1) is 6.92 Å². The fraction of sp³-hybridized carbons (Fsp3) is 0.267. The predicted molar refractivity (Wildman–Crippen MR) is 80.2 cm³/mol. The number of methoxy groups -OCH3 is 1. The predicted octanol–water partition coefficient (Wildman–Crippen LogP) is 3.33. The Hall–Kier alpha value is -1.75. The number of halogens is 1. The van der Waals surface area contributed by atoms with Crippen LogP contribution in [0.3, 0.4) is 0 Å². The van der Waals surface area contributed by atoms with Crippen LogP contribution < -0.4 is 10.1 Å². The van der Waals surface area contributed by atoms with Crippen molar-refractivity contribution < 1.29 is 13.9 Å². The Morgan fingerprint density at radius 3 is 2.80 bits per heavy atom. The summed E-state index contributed by atoms with van der Waals surface area (Å²) in [5.41, 5.74) is 2.25. The molecule has 1 aromatic heterocycles. The lowest BCUT2D eigenvalue weighted by atomic mass is 10.1. The normalized spacial score (nSPS) is 10.3. The monoisotopic (exact) mass is 337 g/mol. The van der Waals surface area contributed by atoms with Crippen LogP contribution in [0.1, 0.15) is 21.7 Å². The van der Waals surface area contributed by atoms with Gasteiger partial charge in [-0.25, -0.2) is 0 Å². The molecule has 0 bridgehead atoms. The van der Waals surface area contributed by atoms with E-state index in [4.69, 9.17) is 9.15 Å². The highest BCUT2D eigenvalue weighted by Gasteiger charge is 2.10. The lowest BCUT2D eigenvalue weighted by Crippen LogP contribution is -2.25. The van der Waals surface area contributed by atoms with Crippen LogP contribution in [0.4, 0.5) is 0 Å². The van der Waals surface area contributed by atoms with E-state index >= 15 is 0 Å². The minimum Gasteiger partial charge on any atom is -0.496 e. The van der Waals surface area contributed by atoms with Gasteiger partial charge in [-0.15, -0.1) is 0 Å². The van der Waals surface area contributed by atoms with E-state index in [0.717, 1.165) is 11.3 Å². The first kappa shape index (κ1) is 14.7. The first-order chi connectivity index (χ1) is 9.60. The fourth-order valence-corrected chi connectivity index (χ4v) is 2.24. The molecule has 0 saturated heterocycles. The molecule has 1 aromatic carbocycles. The quantitative estimate of drug-likeness (QED) is 0.910. The number of carbonyl (C=O) groups is 1. The van der Waals surface area contributed by atoms with Crippen LogP contribution in [0.15, 0.2) is 39.4 Å². The fourth-order valence-electron chi connectivity index (χ4n) is 1.94. The van der Waals surface area contributed by atoms with Gasteiger partial charge in [0.05, 0.1) is 7.11 Å². The van der Waals surface area contributed by atoms with Gasteiger partial charge < -0.3 is 14.5 Å². The standard InChI is InChI=1S/C15H16BrNO3/c1-10-3-4-12(19-2)11(9-10)7-8-17-15(18)13-5-6-14(16)20-13/h3-6,9H,7-8H2,1-2H3,(H,17,18). The Morgan fingerprint density at radius 1 is 1.35 bits per heavy atom. The Bertz CT molecular complexity index is 607. The van der Waals surface area contributed by atoms with E-state index < -0.39 is 0 Å². The van der Waals surface area contributed by atoms with E-state index in [2.05, 4.69) is 27.3 Å². The molecule has 0 aliphatic heterocycles. The molecule has 5 heteroatoms. The number of furan rings is 1. The smallest absolute Gasteiger partial charge is 0.287 e. The van der Waals surface area contributed by atoms with Gasteiger partial charge in [-0.1, -0.05) is 17.7 Å². The third kappa shape index (κ3) is 3.63. The van der Waals surface area contributed by atoms with Crippen LogP contribution >= 0.6 is 15.9 Å². The van der Waals surface area contributed by atoms with Crippen molar-refractivity contribution in [3.05, 3.63) is 51.9 Å². The summed E-state index contributed by atoms with van der Waals surface area (Å²) in [7, 11) is 1.65. The van der Waals surface area contributed by atoms with Gasteiger partial charge in [0, 0.05) is 6.54 Å². The summed E-state index contributed by atoms with van der Waals surface area (Å²) in [4.78, 5) is 11.8. The second-order valence-corrected chi connectivity index (χ2v) is 5.21. The minimum atomic E-state index is -0.220. The third-order valence-corrected chi connectivity index (χ3v) is 3.34. The van der Waals surface area contributed by atoms with Crippen molar-refractivity contribution in [1.29, 1.82) is 0 Å². The van der Waals surface area contributed by atoms with E-state index in [0.29, 0.717) is 23.4 Å². The Kier molecular flexibility index (Phi) is 4.84. The van der Waals surface area contributed by atoms with Gasteiger partial charge in [-0.2, -0.15) is 0 Å². The molecule has 20 heavy (non-hydrogen) atoms. The Balaban J connectivity index is 1.93. The second kappa shape index (κ2) is 6.61. The number of nitrogens with one attached hydrogen (secondary N) is 1. The molecule has 4 nitrogen and oxygen atoms in total. The summed E-state index contributed by atoms with van der Waals surface area (Å²) in [5, 5.41) is 2.82. The van der Waals surface area contributed by atoms with Gasteiger partial charge in [-0.05, 0) is 53.0 Å². The maximum Gasteiger partial charge on any atom is 0.287 e. The summed E-state index contributed by atoms with van der Waals surface area (Å²) in [6, 6.07) is 9.33. The molecule has 0 radical (unpaired) electrons. The zero-order valence-corrected chi connectivity index (χ0v) is 13.0. The highest BCUT2D eigenvalue weighted by Crippen LogP contribution is 2.20. The average molecular weight is 338 g/mol. The third-order valence-electron chi connectivity index (χ3n) is 2.91. The molecule has 1 N–H and O–H groups in total. The van der Waals surface area contributed by atoms with E-state index in [9.17, 15) is 4.79 Å². The number of hydrogen-bond donors (Lipinski definition) is 1. The van der Waals surface area contributed by atoms with Crippen LogP contribution in [-0.2, 0) is 6.42 Å². The first-order valence-electron chi connectivity index (χ1n) is 6.27. The van der Waals surface area contributed by atoms with Crippen molar-refractivity contribution in [3.8, 4) is 5.75 Å². The topological polar surface area (TPSA) is 51.5 Å². The highest BCUT2D eigenvalue weighted by atomic mass is 79.9. The highest BCUT2D eigenvalue weighted by molar-refractivity contribution is 9.10. The molecule has 0 atom stereocenters. The summed E-state index contributed by atoms with van der Waals surface area (Å²) < 4.78 is 11.0. The van der Waals surface area contributed by atoms with Crippen molar-refractivity contribution >= 4 is 21.8 Å². The number of amides is 1. The van der Waals surface area contributed by atoms with Crippen LogP contribution in [-0.4, -0.2) is 19.6 Å². The Morgan fingerprint density at radius 2 is 2.15 bits per heavy atom. The summed E-state index contributed by atoms with van der Waals surface area (Å²) in [6.45, 7) is 2.55. The molecule has 2 rings (SSSR count). The lowest BCUT2D eigenvalue weighted by molar-refractivity contribution is 0.0925. The van der Waals surface area contributed by atoms with Crippen LogP contribution in [0.5, 0.6) is 5.75 Å². The van der Waals surface area contributed by atoms with Crippen molar-refractivity contribution in [2.75, 3.05) is 13.7 Å². The molecule has 1 amide bonds. The molecule has 0 fully saturated rings. The van der Waals surface area contributed by atoms with E-state index in [1.165, 1.54) is 5.56 Å². The van der Waals surface area contributed by atoms with Crippen molar-refractivity contribution in [1.82, 2.24) is 5.32 Å². The molecule has 0 spiro atoms. The molecule has 106 valence electrons. The zero-order valence-electron chi connectivity index (χ0n) is 11.4. The van der Waals surface area contributed by atoms with E-state index in [1.54, 1.807) is 19.2 Å². The molecular weight excluding hydrogens is 322 g/mol. The van der Waals surface area contributed by atoms with Gasteiger partial charge in [0.15, 0.2) is 10.4 Å². The maximum absolute atomic E-state index is 11.8. The zero-order chi connectivity index (χ0) is 14.5. The Labute approximate surface area is 126 Å². The van der Waals surface area contributed by atoms with Gasteiger partial charge in [0.2, 0.25) is 0 Å². The summed E-state index contributed by atoms with van der Waals surface area (Å²) in [5.74, 6) is 0.918. The van der Waals surface area contributed by atoms with Crippen molar-refractivity contribution in [2.45, 2.75) is 13.3 Å². The van der Waals surface area contributed by atoms with E-state index in [-0.39, 0.29) is 5.91 Å². The number of ether oxygens (including phenoxy) is 1. The second-order valence-electron chi connectivity index (χ2n) is 4.42. The molecule has 2 aromatic rings. The van der Waals surface area contributed by atoms with E-state index in [1.807, 2.05) is 19.1 Å². The SMILES string of the molecule is COc1ccc(C)cc1CCNC(=O)c1ccc(Br)o1. The largest absolute Gasteiger partial charge is 0.496 e. The first-order valence-corrected chi connectivity index (χ1v) is 7.06. The van der Waals surface area contributed by atoms with Crippen LogP contribution in [0.25, 0.3) is 0 Å². The summed E-state index contributed by atoms with van der Waals surface area (Å²) >= 11 is 3.17. The van der Waals surface area contributed by atoms with Crippen molar-refractivity contribution in [3.63, 3.8) is 0 Å². The number of benzene rings is 1. The molecule has 0 saturated carbocycles. The minimum absolute atomic E-state index is 0.220. The molecule has 0 aliphatic rings. The molecule has 1 heterocycles. The number of aryl methyl sites for hydroxylation is 1. The van der Waals surface area contributed by atoms with Gasteiger partial charge in [-0.3, -0.25) is 4.79 Å². The molecule has 0 unspecified atom stereocenters. The lowest BCUT2D eigenvalue weighted by Gasteiger charge is -2.09. The van der Waals surface area contributed by atoms with Gasteiger partial charge in [0.1, 0.15) is 5.75 Å². The number of carbonyl (C=O) groups excluding carboxylic acids is 1. The van der Waals surface area contributed by atoms with Crippen molar-refractivity contribution in [2.24, 2.45) is 0 Å². The molecule has 0 aliphatic carbocycles. The molecular formula is C15H16BrNO3. The average Bonchev–Trinajstić information content (AvgIpc) is 2.86. The summed E-state index contributed by atoms with van der Waals surface area (Å²) in [6.07, 6.45) is 0.707. The maximum atomic E-state index is 11.8. The number of rotatable bonds is 5. The number of hydrogen-bond acceptors (Lipinski definition) is 3.